The number of hydrogen-bond acceptors (Lipinski definition) is 5. The number of aliphatic imine (C=N–C) groups is 1. The van der Waals surface area contributed by atoms with Gasteiger partial charge in [0.05, 0.1) is 22.8 Å². The van der Waals surface area contributed by atoms with Crippen LogP contribution < -0.4 is 10.2 Å². The van der Waals surface area contributed by atoms with Gasteiger partial charge in [0.15, 0.2) is 0 Å². The van der Waals surface area contributed by atoms with Crippen molar-refractivity contribution in [3.05, 3.63) is 54.1 Å². The summed E-state index contributed by atoms with van der Waals surface area (Å²) in [6.07, 6.45) is 1.42. The molecule has 2 aliphatic heterocycles. The lowest BCUT2D eigenvalue weighted by atomic mass is 10.2. The van der Waals surface area contributed by atoms with Crippen LogP contribution in [0.3, 0.4) is 0 Å². The summed E-state index contributed by atoms with van der Waals surface area (Å²) in [4.78, 5) is 30.9. The fourth-order valence-corrected chi connectivity index (χ4v) is 4.98. The Hall–Kier alpha value is -2.25. The van der Waals surface area contributed by atoms with Crippen LogP contribution in [-0.4, -0.2) is 28.5 Å². The van der Waals surface area contributed by atoms with Crippen molar-refractivity contribution in [3.63, 3.8) is 0 Å². The summed E-state index contributed by atoms with van der Waals surface area (Å²) in [7, 11) is 0. The number of fused-ring (bicyclic) bond motifs is 1. The minimum absolute atomic E-state index is 0.0961. The Morgan fingerprint density at radius 2 is 2.00 bits per heavy atom. The maximum atomic E-state index is 12.4. The lowest BCUT2D eigenvalue weighted by molar-refractivity contribution is -0.117. The van der Waals surface area contributed by atoms with Gasteiger partial charge in [0.2, 0.25) is 11.8 Å². The standard InChI is InChI=1S/C20H19N3O2S2/c24-18(13-27-20-22-15-7-2-1-6-14(15)12-26-20)21-16-8-3-4-9-17(16)23-11-5-10-19(23)25/h1-4,6-9H,5,10-13H2,(H,21,24). The molecule has 0 atom stereocenters. The Bertz CT molecular complexity index is 914. The Balaban J connectivity index is 1.40. The molecule has 138 valence electrons. The lowest BCUT2D eigenvalue weighted by Gasteiger charge is -2.20. The van der Waals surface area contributed by atoms with Gasteiger partial charge >= 0.3 is 0 Å². The van der Waals surface area contributed by atoms with Crippen molar-refractivity contribution >= 4 is 56.8 Å². The molecule has 2 heterocycles. The van der Waals surface area contributed by atoms with Crippen LogP contribution >= 0.6 is 23.5 Å². The molecule has 4 rings (SSSR count). The summed E-state index contributed by atoms with van der Waals surface area (Å²) in [5, 5.41) is 2.95. The Labute approximate surface area is 166 Å². The van der Waals surface area contributed by atoms with E-state index in [-0.39, 0.29) is 17.6 Å². The quantitative estimate of drug-likeness (QED) is 0.830. The molecule has 0 aliphatic carbocycles. The number of thioether (sulfide) groups is 2. The van der Waals surface area contributed by atoms with Gasteiger partial charge in [-0.25, -0.2) is 4.99 Å². The van der Waals surface area contributed by atoms with E-state index in [1.807, 2.05) is 42.5 Å². The maximum absolute atomic E-state index is 12.4. The third kappa shape index (κ3) is 4.20. The number of nitrogens with one attached hydrogen (secondary N) is 1. The minimum Gasteiger partial charge on any atom is -0.324 e. The first kappa shape index (κ1) is 18.1. The van der Waals surface area contributed by atoms with Gasteiger partial charge in [-0.15, -0.1) is 0 Å². The summed E-state index contributed by atoms with van der Waals surface area (Å²) in [5.74, 6) is 1.18. The zero-order valence-corrected chi connectivity index (χ0v) is 16.3. The molecule has 2 aliphatic rings. The SMILES string of the molecule is O=C(CSC1=Nc2ccccc2CS1)Nc1ccccc1N1CCCC1=O. The summed E-state index contributed by atoms with van der Waals surface area (Å²) in [5.41, 5.74) is 3.66. The Morgan fingerprint density at radius 3 is 2.85 bits per heavy atom. The van der Waals surface area contributed by atoms with Crippen LogP contribution in [0.1, 0.15) is 18.4 Å². The molecule has 0 spiro atoms. The summed E-state index contributed by atoms with van der Waals surface area (Å²) in [6.45, 7) is 0.702. The molecule has 1 fully saturated rings. The molecular formula is C20H19N3O2S2. The van der Waals surface area contributed by atoms with Gasteiger partial charge in [0.25, 0.3) is 0 Å². The van der Waals surface area contributed by atoms with Crippen molar-refractivity contribution in [2.45, 2.75) is 18.6 Å². The van der Waals surface area contributed by atoms with E-state index in [2.05, 4.69) is 16.4 Å². The van der Waals surface area contributed by atoms with Crippen molar-refractivity contribution in [1.82, 2.24) is 0 Å². The van der Waals surface area contributed by atoms with E-state index < -0.39 is 0 Å². The van der Waals surface area contributed by atoms with Gasteiger partial charge in [-0.1, -0.05) is 53.9 Å². The van der Waals surface area contributed by atoms with Crippen LogP contribution in [0.2, 0.25) is 0 Å². The lowest BCUT2D eigenvalue weighted by Crippen LogP contribution is -2.26. The molecule has 1 saturated heterocycles. The predicted molar refractivity (Wildman–Crippen MR) is 114 cm³/mol. The second-order valence-electron chi connectivity index (χ2n) is 6.30. The molecular weight excluding hydrogens is 378 g/mol. The summed E-state index contributed by atoms with van der Waals surface area (Å²) >= 11 is 3.11. The van der Waals surface area contributed by atoms with E-state index in [1.54, 1.807) is 16.7 Å². The van der Waals surface area contributed by atoms with E-state index in [0.29, 0.717) is 18.7 Å². The molecule has 0 saturated carbocycles. The number of carbonyl (C=O) groups excluding carboxylic acids is 2. The van der Waals surface area contributed by atoms with Crippen molar-refractivity contribution in [3.8, 4) is 0 Å². The van der Waals surface area contributed by atoms with E-state index in [4.69, 9.17) is 0 Å². The van der Waals surface area contributed by atoms with E-state index in [1.165, 1.54) is 17.3 Å². The van der Waals surface area contributed by atoms with Gasteiger partial charge in [0, 0.05) is 18.7 Å². The first-order chi connectivity index (χ1) is 13.2. The molecule has 5 nitrogen and oxygen atoms in total. The number of benzene rings is 2. The van der Waals surface area contributed by atoms with Crippen molar-refractivity contribution in [2.24, 2.45) is 4.99 Å². The monoisotopic (exact) mass is 397 g/mol. The third-order valence-electron chi connectivity index (χ3n) is 4.42. The molecule has 0 radical (unpaired) electrons. The third-order valence-corrected chi connectivity index (χ3v) is 6.67. The number of hydrogen-bond donors (Lipinski definition) is 1. The highest BCUT2D eigenvalue weighted by molar-refractivity contribution is 8.38. The predicted octanol–water partition coefficient (Wildman–Crippen LogP) is 4.42. The molecule has 2 aromatic rings. The Kier molecular flexibility index (Phi) is 5.50. The second kappa shape index (κ2) is 8.19. The van der Waals surface area contributed by atoms with Gasteiger partial charge in [-0.05, 0) is 30.2 Å². The zero-order chi connectivity index (χ0) is 18.6. The first-order valence-corrected chi connectivity index (χ1v) is 10.8. The highest BCUT2D eigenvalue weighted by Gasteiger charge is 2.24. The highest BCUT2D eigenvalue weighted by atomic mass is 32.2. The van der Waals surface area contributed by atoms with Crippen LogP contribution in [0.15, 0.2) is 53.5 Å². The fourth-order valence-electron chi connectivity index (χ4n) is 3.12. The largest absolute Gasteiger partial charge is 0.324 e. The van der Waals surface area contributed by atoms with Crippen LogP contribution in [-0.2, 0) is 15.3 Å². The van der Waals surface area contributed by atoms with Crippen LogP contribution in [0.4, 0.5) is 17.1 Å². The molecule has 0 aromatic heterocycles. The van der Waals surface area contributed by atoms with Crippen LogP contribution in [0, 0.1) is 0 Å². The summed E-state index contributed by atoms with van der Waals surface area (Å²) in [6, 6.07) is 15.5. The van der Waals surface area contributed by atoms with Crippen molar-refractivity contribution in [2.75, 3.05) is 22.5 Å². The van der Waals surface area contributed by atoms with E-state index in [9.17, 15) is 9.59 Å². The topological polar surface area (TPSA) is 61.8 Å². The second-order valence-corrected chi connectivity index (χ2v) is 8.48. The minimum atomic E-state index is -0.0961. The number of para-hydroxylation sites is 3. The number of anilines is 2. The zero-order valence-electron chi connectivity index (χ0n) is 14.7. The molecule has 2 amide bonds. The molecule has 0 bridgehead atoms. The normalized spacial score (nSPS) is 16.1. The molecule has 2 aromatic carbocycles. The molecule has 7 heteroatoms. The Morgan fingerprint density at radius 1 is 1.19 bits per heavy atom. The summed E-state index contributed by atoms with van der Waals surface area (Å²) < 4.78 is 0.909. The first-order valence-electron chi connectivity index (χ1n) is 8.82. The van der Waals surface area contributed by atoms with E-state index >= 15 is 0 Å². The van der Waals surface area contributed by atoms with Gasteiger partial charge in [-0.2, -0.15) is 0 Å². The number of carbonyl (C=O) groups is 2. The fraction of sp³-hybridized carbons (Fsp3) is 0.250. The molecule has 0 unspecified atom stereocenters. The van der Waals surface area contributed by atoms with Gasteiger partial charge < -0.3 is 10.2 Å². The average Bonchev–Trinajstić information content (AvgIpc) is 3.12. The van der Waals surface area contributed by atoms with Crippen molar-refractivity contribution < 1.29 is 9.59 Å². The van der Waals surface area contributed by atoms with Gasteiger partial charge in [-0.3, -0.25) is 9.59 Å². The van der Waals surface area contributed by atoms with Crippen molar-refractivity contribution in [1.29, 1.82) is 0 Å². The highest BCUT2D eigenvalue weighted by Crippen LogP contribution is 2.34. The number of amides is 2. The van der Waals surface area contributed by atoms with Crippen LogP contribution in [0.25, 0.3) is 0 Å². The smallest absolute Gasteiger partial charge is 0.234 e. The maximum Gasteiger partial charge on any atom is 0.234 e. The average molecular weight is 398 g/mol. The molecule has 1 N–H and O–H groups in total. The molecule has 27 heavy (non-hydrogen) atoms. The number of rotatable bonds is 4. The van der Waals surface area contributed by atoms with E-state index in [0.717, 1.165) is 27.9 Å². The van der Waals surface area contributed by atoms with Crippen LogP contribution in [0.5, 0.6) is 0 Å². The number of nitrogens with zero attached hydrogens (tertiary/aromatic N) is 2. The van der Waals surface area contributed by atoms with Gasteiger partial charge in [0.1, 0.15) is 4.38 Å².